The second kappa shape index (κ2) is 6.23. The van der Waals surface area contributed by atoms with Crippen molar-refractivity contribution in [2.24, 2.45) is 14.1 Å². The lowest BCUT2D eigenvalue weighted by Gasteiger charge is -2.03. The molecule has 114 valence electrons. The van der Waals surface area contributed by atoms with Gasteiger partial charge in [0.2, 0.25) is 5.88 Å². The third-order valence-corrected chi connectivity index (χ3v) is 4.37. The Kier molecular flexibility index (Phi) is 4.15. The number of aromatic nitrogens is 5. The molecule has 3 aromatic rings. The highest BCUT2D eigenvalue weighted by Gasteiger charge is 2.18. The molecular weight excluding hydrogens is 298 g/mol. The van der Waals surface area contributed by atoms with Crippen LogP contribution in [0.15, 0.2) is 41.7 Å². The Labute approximate surface area is 133 Å². The second-order valence-corrected chi connectivity index (χ2v) is 5.81. The Morgan fingerprint density at radius 3 is 2.64 bits per heavy atom. The monoisotopic (exact) mass is 315 g/mol. The molecular formula is C15H17N5OS. The molecule has 0 N–H and O–H groups in total. The van der Waals surface area contributed by atoms with Crippen LogP contribution < -0.4 is 4.74 Å². The molecule has 7 heteroatoms. The van der Waals surface area contributed by atoms with Gasteiger partial charge in [-0.2, -0.15) is 0 Å². The van der Waals surface area contributed by atoms with Crippen LogP contribution in [0.5, 0.6) is 5.88 Å². The molecule has 0 amide bonds. The van der Waals surface area contributed by atoms with Crippen LogP contribution in [0, 0.1) is 0 Å². The number of ether oxygens (including phenoxy) is 1. The normalized spacial score (nSPS) is 10.9. The maximum absolute atomic E-state index is 5.29. The van der Waals surface area contributed by atoms with Crippen molar-refractivity contribution in [2.75, 3.05) is 7.11 Å². The van der Waals surface area contributed by atoms with Crippen molar-refractivity contribution in [1.29, 1.82) is 0 Å². The van der Waals surface area contributed by atoms with Crippen LogP contribution in [0.4, 0.5) is 0 Å². The minimum absolute atomic E-state index is 0.553. The van der Waals surface area contributed by atoms with Crippen LogP contribution in [0.25, 0.3) is 11.4 Å². The molecule has 6 nitrogen and oxygen atoms in total. The van der Waals surface area contributed by atoms with Gasteiger partial charge in [-0.15, -0.1) is 15.3 Å². The van der Waals surface area contributed by atoms with Gasteiger partial charge in [0.05, 0.1) is 7.11 Å². The molecule has 0 bridgehead atoms. The lowest BCUT2D eigenvalue weighted by molar-refractivity contribution is 0.393. The van der Waals surface area contributed by atoms with Gasteiger partial charge >= 0.3 is 0 Å². The number of nitrogens with zero attached hydrogens (tertiary/aromatic N) is 5. The summed E-state index contributed by atoms with van der Waals surface area (Å²) in [7, 11) is 5.41. The number of benzene rings is 1. The number of hydrogen-bond donors (Lipinski definition) is 0. The van der Waals surface area contributed by atoms with E-state index in [1.165, 1.54) is 5.56 Å². The lowest BCUT2D eigenvalue weighted by Crippen LogP contribution is -1.96. The van der Waals surface area contributed by atoms with Crippen molar-refractivity contribution in [3.63, 3.8) is 0 Å². The zero-order valence-electron chi connectivity index (χ0n) is 12.7. The van der Waals surface area contributed by atoms with Crippen molar-refractivity contribution < 1.29 is 4.74 Å². The van der Waals surface area contributed by atoms with E-state index in [9.17, 15) is 0 Å². The first-order chi connectivity index (χ1) is 10.7. The first-order valence-electron chi connectivity index (χ1n) is 6.83. The van der Waals surface area contributed by atoms with Gasteiger partial charge in [0.25, 0.3) is 0 Å². The van der Waals surface area contributed by atoms with Gasteiger partial charge in [-0.05, 0) is 5.56 Å². The zero-order chi connectivity index (χ0) is 15.5. The first-order valence-corrected chi connectivity index (χ1v) is 7.81. The second-order valence-electron chi connectivity index (χ2n) is 4.87. The van der Waals surface area contributed by atoms with Gasteiger partial charge in [-0.3, -0.25) is 4.68 Å². The van der Waals surface area contributed by atoms with Gasteiger partial charge in [0, 0.05) is 26.0 Å². The van der Waals surface area contributed by atoms with Crippen LogP contribution in [-0.4, -0.2) is 31.7 Å². The van der Waals surface area contributed by atoms with E-state index < -0.39 is 0 Å². The quantitative estimate of drug-likeness (QED) is 0.677. The summed E-state index contributed by atoms with van der Waals surface area (Å²) < 4.78 is 8.97. The molecule has 3 rings (SSSR count). The molecule has 0 aliphatic rings. The number of rotatable bonds is 5. The Balaban J connectivity index is 1.83. The van der Waals surface area contributed by atoms with Crippen molar-refractivity contribution in [2.45, 2.75) is 10.9 Å². The van der Waals surface area contributed by atoms with E-state index in [0.717, 1.165) is 22.3 Å². The minimum atomic E-state index is 0.553. The predicted octanol–water partition coefficient (Wildman–Crippen LogP) is 2.52. The zero-order valence-corrected chi connectivity index (χ0v) is 13.5. The molecule has 0 aliphatic heterocycles. The topological polar surface area (TPSA) is 57.8 Å². The van der Waals surface area contributed by atoms with E-state index >= 15 is 0 Å². The van der Waals surface area contributed by atoms with E-state index in [0.29, 0.717) is 5.88 Å². The summed E-state index contributed by atoms with van der Waals surface area (Å²) in [4.78, 5) is 0. The number of aryl methyl sites for hydroxylation is 1. The molecule has 2 heterocycles. The largest absolute Gasteiger partial charge is 0.479 e. The van der Waals surface area contributed by atoms with E-state index in [4.69, 9.17) is 4.74 Å². The fraction of sp³-hybridized carbons (Fsp3) is 0.267. The average Bonchev–Trinajstić information content (AvgIpc) is 3.08. The summed E-state index contributed by atoms with van der Waals surface area (Å²) in [6.07, 6.45) is 1.88. The van der Waals surface area contributed by atoms with E-state index in [1.54, 1.807) is 23.6 Å². The molecule has 0 spiro atoms. The summed E-state index contributed by atoms with van der Waals surface area (Å²) in [6.45, 7) is 0. The van der Waals surface area contributed by atoms with Gasteiger partial charge in [-0.1, -0.05) is 42.1 Å². The smallest absolute Gasteiger partial charge is 0.243 e. The van der Waals surface area contributed by atoms with Crippen LogP contribution in [0.1, 0.15) is 5.56 Å². The van der Waals surface area contributed by atoms with Crippen molar-refractivity contribution in [3.8, 4) is 17.3 Å². The first kappa shape index (κ1) is 14.6. The van der Waals surface area contributed by atoms with Crippen LogP contribution in [-0.2, 0) is 19.8 Å². The van der Waals surface area contributed by atoms with Crippen molar-refractivity contribution in [1.82, 2.24) is 24.5 Å². The number of methoxy groups -OCH3 is 1. The maximum Gasteiger partial charge on any atom is 0.243 e. The average molecular weight is 315 g/mol. The SMILES string of the molecule is COc1nn(C)cc1-c1nnc(SCc2ccccc2)n1C. The predicted molar refractivity (Wildman–Crippen MR) is 85.8 cm³/mol. The van der Waals surface area contributed by atoms with E-state index in [1.807, 2.05) is 43.1 Å². The molecule has 0 atom stereocenters. The molecule has 0 radical (unpaired) electrons. The fourth-order valence-electron chi connectivity index (χ4n) is 2.17. The van der Waals surface area contributed by atoms with Gasteiger partial charge < -0.3 is 9.30 Å². The summed E-state index contributed by atoms with van der Waals surface area (Å²) in [5.74, 6) is 2.16. The number of thioether (sulfide) groups is 1. The Morgan fingerprint density at radius 2 is 1.91 bits per heavy atom. The molecule has 2 aromatic heterocycles. The van der Waals surface area contributed by atoms with Gasteiger partial charge in [0.15, 0.2) is 11.0 Å². The molecule has 0 unspecified atom stereocenters. The van der Waals surface area contributed by atoms with E-state index in [-0.39, 0.29) is 0 Å². The third kappa shape index (κ3) is 2.85. The van der Waals surface area contributed by atoms with Crippen LogP contribution in [0.2, 0.25) is 0 Å². The van der Waals surface area contributed by atoms with Crippen LogP contribution >= 0.6 is 11.8 Å². The highest BCUT2D eigenvalue weighted by atomic mass is 32.2. The number of hydrogen-bond acceptors (Lipinski definition) is 5. The minimum Gasteiger partial charge on any atom is -0.479 e. The Hall–Kier alpha value is -2.28. The molecule has 0 fully saturated rings. The van der Waals surface area contributed by atoms with Crippen molar-refractivity contribution >= 4 is 11.8 Å². The Bertz CT molecular complexity index is 766. The van der Waals surface area contributed by atoms with Gasteiger partial charge in [-0.25, -0.2) is 0 Å². The summed E-state index contributed by atoms with van der Waals surface area (Å²) in [5.41, 5.74) is 2.10. The standard InChI is InChI=1S/C15H17N5OS/c1-19-9-12(14(18-19)21-3)13-16-17-15(20(13)2)22-10-11-7-5-4-6-8-11/h4-9H,10H2,1-3H3. The third-order valence-electron chi connectivity index (χ3n) is 3.27. The van der Waals surface area contributed by atoms with E-state index in [2.05, 4.69) is 27.4 Å². The molecule has 0 saturated heterocycles. The summed E-state index contributed by atoms with van der Waals surface area (Å²) in [6, 6.07) is 10.3. The summed E-state index contributed by atoms with van der Waals surface area (Å²) >= 11 is 1.66. The van der Waals surface area contributed by atoms with Crippen molar-refractivity contribution in [3.05, 3.63) is 42.1 Å². The summed E-state index contributed by atoms with van der Waals surface area (Å²) in [5, 5.41) is 13.7. The lowest BCUT2D eigenvalue weighted by atomic mass is 10.2. The molecule has 1 aromatic carbocycles. The highest BCUT2D eigenvalue weighted by molar-refractivity contribution is 7.98. The Morgan fingerprint density at radius 1 is 1.14 bits per heavy atom. The molecule has 0 saturated carbocycles. The fourth-order valence-corrected chi connectivity index (χ4v) is 3.04. The molecule has 22 heavy (non-hydrogen) atoms. The highest BCUT2D eigenvalue weighted by Crippen LogP contribution is 2.29. The van der Waals surface area contributed by atoms with Crippen LogP contribution in [0.3, 0.4) is 0 Å². The van der Waals surface area contributed by atoms with Gasteiger partial charge in [0.1, 0.15) is 5.56 Å². The molecule has 0 aliphatic carbocycles. The maximum atomic E-state index is 5.29.